The molecule has 0 fully saturated rings. The van der Waals surface area contributed by atoms with Gasteiger partial charge in [0, 0.05) is 12.6 Å². The lowest BCUT2D eigenvalue weighted by atomic mass is 10.2. The normalized spacial score (nSPS) is 12.6. The Morgan fingerprint density at radius 3 is 2.71 bits per heavy atom. The molecular formula is C11H16FNO. The molecule has 1 rings (SSSR count). The molecule has 3 heteroatoms. The molecule has 14 heavy (non-hydrogen) atoms. The van der Waals surface area contributed by atoms with Gasteiger partial charge in [-0.2, -0.15) is 0 Å². The monoisotopic (exact) mass is 197 g/mol. The molecule has 1 atom stereocenters. The quantitative estimate of drug-likeness (QED) is 0.803. The van der Waals surface area contributed by atoms with E-state index in [1.165, 1.54) is 6.07 Å². The standard InChI is InChI=1S/C11H16FNO/c1-3-9(7-13)14-10-5-4-8(2)11(12)6-10/h4-6,9H,3,7,13H2,1-2H3. The number of benzene rings is 1. The fourth-order valence-corrected chi connectivity index (χ4v) is 1.14. The Hall–Kier alpha value is -1.09. The molecule has 0 spiro atoms. The molecule has 0 saturated carbocycles. The molecule has 0 radical (unpaired) electrons. The fourth-order valence-electron chi connectivity index (χ4n) is 1.14. The van der Waals surface area contributed by atoms with Crippen molar-refractivity contribution in [1.29, 1.82) is 0 Å². The van der Waals surface area contributed by atoms with E-state index in [9.17, 15) is 4.39 Å². The molecular weight excluding hydrogens is 181 g/mol. The molecule has 0 bridgehead atoms. The van der Waals surface area contributed by atoms with E-state index in [1.54, 1.807) is 19.1 Å². The predicted octanol–water partition coefficient (Wildman–Crippen LogP) is 2.25. The third kappa shape index (κ3) is 2.70. The lowest BCUT2D eigenvalue weighted by Crippen LogP contribution is -2.25. The van der Waals surface area contributed by atoms with E-state index in [1.807, 2.05) is 6.92 Å². The summed E-state index contributed by atoms with van der Waals surface area (Å²) in [5.74, 6) is 0.305. The summed E-state index contributed by atoms with van der Waals surface area (Å²) in [6.07, 6.45) is 0.795. The smallest absolute Gasteiger partial charge is 0.129 e. The number of nitrogens with two attached hydrogens (primary N) is 1. The highest BCUT2D eigenvalue weighted by Gasteiger charge is 2.06. The van der Waals surface area contributed by atoms with Crippen molar-refractivity contribution in [3.05, 3.63) is 29.6 Å². The molecule has 2 N–H and O–H groups in total. The van der Waals surface area contributed by atoms with Gasteiger partial charge in [-0.25, -0.2) is 4.39 Å². The molecule has 0 heterocycles. The fraction of sp³-hybridized carbons (Fsp3) is 0.455. The third-order valence-electron chi connectivity index (χ3n) is 2.16. The van der Waals surface area contributed by atoms with Gasteiger partial charge in [-0.05, 0) is 25.0 Å². The van der Waals surface area contributed by atoms with Crippen LogP contribution in [-0.2, 0) is 0 Å². The Morgan fingerprint density at radius 2 is 2.21 bits per heavy atom. The van der Waals surface area contributed by atoms with Crippen LogP contribution < -0.4 is 10.5 Å². The van der Waals surface area contributed by atoms with Gasteiger partial charge in [0.05, 0.1) is 0 Å². The van der Waals surface area contributed by atoms with Gasteiger partial charge < -0.3 is 10.5 Å². The Bertz CT molecular complexity index is 297. The summed E-state index contributed by atoms with van der Waals surface area (Å²) in [4.78, 5) is 0. The van der Waals surface area contributed by atoms with Gasteiger partial charge in [0.25, 0.3) is 0 Å². The third-order valence-corrected chi connectivity index (χ3v) is 2.16. The number of halogens is 1. The number of hydrogen-bond acceptors (Lipinski definition) is 2. The van der Waals surface area contributed by atoms with E-state index in [-0.39, 0.29) is 11.9 Å². The van der Waals surface area contributed by atoms with Gasteiger partial charge in [-0.1, -0.05) is 13.0 Å². The van der Waals surface area contributed by atoms with Gasteiger partial charge in [-0.15, -0.1) is 0 Å². The summed E-state index contributed by atoms with van der Waals surface area (Å²) in [7, 11) is 0. The van der Waals surface area contributed by atoms with Crippen molar-refractivity contribution in [1.82, 2.24) is 0 Å². The van der Waals surface area contributed by atoms with Crippen LogP contribution >= 0.6 is 0 Å². The molecule has 0 aliphatic carbocycles. The van der Waals surface area contributed by atoms with E-state index in [0.29, 0.717) is 17.9 Å². The maximum atomic E-state index is 13.1. The van der Waals surface area contributed by atoms with Crippen molar-refractivity contribution in [2.75, 3.05) is 6.54 Å². The summed E-state index contributed by atoms with van der Waals surface area (Å²) in [6, 6.07) is 4.86. The van der Waals surface area contributed by atoms with Crippen LogP contribution in [0, 0.1) is 12.7 Å². The summed E-state index contributed by atoms with van der Waals surface area (Å²) >= 11 is 0. The number of aryl methyl sites for hydroxylation is 1. The van der Waals surface area contributed by atoms with Gasteiger partial charge in [0.15, 0.2) is 0 Å². The first-order chi connectivity index (χ1) is 6.67. The van der Waals surface area contributed by atoms with Crippen molar-refractivity contribution in [3.63, 3.8) is 0 Å². The molecule has 0 aromatic heterocycles. The van der Waals surface area contributed by atoms with Crippen molar-refractivity contribution in [2.24, 2.45) is 5.73 Å². The molecule has 0 amide bonds. The van der Waals surface area contributed by atoms with E-state index in [4.69, 9.17) is 10.5 Å². The summed E-state index contributed by atoms with van der Waals surface area (Å²) in [5, 5.41) is 0. The highest BCUT2D eigenvalue weighted by molar-refractivity contribution is 5.28. The summed E-state index contributed by atoms with van der Waals surface area (Å²) < 4.78 is 18.6. The number of hydrogen-bond donors (Lipinski definition) is 1. The Labute approximate surface area is 83.9 Å². The zero-order chi connectivity index (χ0) is 10.6. The Morgan fingerprint density at radius 1 is 1.50 bits per heavy atom. The van der Waals surface area contributed by atoms with Gasteiger partial charge in [0.2, 0.25) is 0 Å². The minimum absolute atomic E-state index is 0.0305. The second-order valence-corrected chi connectivity index (χ2v) is 3.29. The van der Waals surface area contributed by atoms with Crippen molar-refractivity contribution < 1.29 is 9.13 Å². The first-order valence-corrected chi connectivity index (χ1v) is 4.80. The second-order valence-electron chi connectivity index (χ2n) is 3.29. The molecule has 0 aliphatic rings. The van der Waals surface area contributed by atoms with Crippen LogP contribution in [0.3, 0.4) is 0 Å². The van der Waals surface area contributed by atoms with Crippen LogP contribution in [0.4, 0.5) is 4.39 Å². The molecule has 1 aromatic carbocycles. The maximum Gasteiger partial charge on any atom is 0.129 e. The van der Waals surface area contributed by atoms with Crippen LogP contribution in [0.1, 0.15) is 18.9 Å². The van der Waals surface area contributed by atoms with E-state index >= 15 is 0 Å². The minimum atomic E-state index is -0.241. The predicted molar refractivity (Wildman–Crippen MR) is 54.9 cm³/mol. The van der Waals surface area contributed by atoms with Crippen molar-refractivity contribution in [2.45, 2.75) is 26.4 Å². The lowest BCUT2D eigenvalue weighted by Gasteiger charge is -2.15. The van der Waals surface area contributed by atoms with E-state index < -0.39 is 0 Å². The number of rotatable bonds is 4. The molecule has 1 aromatic rings. The maximum absolute atomic E-state index is 13.1. The molecule has 78 valence electrons. The SMILES string of the molecule is CCC(CN)Oc1ccc(C)c(F)c1. The van der Waals surface area contributed by atoms with Crippen LogP contribution in [0.2, 0.25) is 0 Å². The summed E-state index contributed by atoms with van der Waals surface area (Å²) in [6.45, 7) is 4.16. The van der Waals surface area contributed by atoms with E-state index in [2.05, 4.69) is 0 Å². The van der Waals surface area contributed by atoms with Crippen molar-refractivity contribution in [3.8, 4) is 5.75 Å². The lowest BCUT2D eigenvalue weighted by molar-refractivity contribution is 0.204. The first kappa shape index (κ1) is 11.0. The average Bonchev–Trinajstić information content (AvgIpc) is 2.19. The summed E-state index contributed by atoms with van der Waals surface area (Å²) in [5.41, 5.74) is 6.10. The van der Waals surface area contributed by atoms with Crippen LogP contribution in [0.15, 0.2) is 18.2 Å². The van der Waals surface area contributed by atoms with Crippen molar-refractivity contribution >= 4 is 0 Å². The Kier molecular flexibility index (Phi) is 3.89. The number of ether oxygens (including phenoxy) is 1. The molecule has 0 aliphatic heterocycles. The zero-order valence-electron chi connectivity index (χ0n) is 8.59. The van der Waals surface area contributed by atoms with Gasteiger partial charge >= 0.3 is 0 Å². The Balaban J connectivity index is 2.72. The minimum Gasteiger partial charge on any atom is -0.489 e. The molecule has 2 nitrogen and oxygen atoms in total. The highest BCUT2D eigenvalue weighted by Crippen LogP contribution is 2.17. The van der Waals surface area contributed by atoms with Crippen LogP contribution in [-0.4, -0.2) is 12.6 Å². The van der Waals surface area contributed by atoms with Crippen LogP contribution in [0.25, 0.3) is 0 Å². The molecule has 0 saturated heterocycles. The average molecular weight is 197 g/mol. The van der Waals surface area contributed by atoms with Crippen LogP contribution in [0.5, 0.6) is 5.75 Å². The van der Waals surface area contributed by atoms with Gasteiger partial charge in [-0.3, -0.25) is 0 Å². The van der Waals surface area contributed by atoms with Gasteiger partial charge in [0.1, 0.15) is 17.7 Å². The highest BCUT2D eigenvalue weighted by atomic mass is 19.1. The largest absolute Gasteiger partial charge is 0.489 e. The van der Waals surface area contributed by atoms with E-state index in [0.717, 1.165) is 6.42 Å². The topological polar surface area (TPSA) is 35.2 Å². The molecule has 1 unspecified atom stereocenters. The zero-order valence-corrected chi connectivity index (χ0v) is 8.59. The first-order valence-electron chi connectivity index (χ1n) is 4.80. The second kappa shape index (κ2) is 4.96.